The van der Waals surface area contributed by atoms with E-state index in [1.54, 1.807) is 6.33 Å². The molecule has 0 atom stereocenters. The van der Waals surface area contributed by atoms with Crippen molar-refractivity contribution in [3.63, 3.8) is 0 Å². The Bertz CT molecular complexity index is 470. The van der Waals surface area contributed by atoms with E-state index >= 15 is 0 Å². The van der Waals surface area contributed by atoms with Crippen LogP contribution in [0.2, 0.25) is 0 Å². The lowest BCUT2D eigenvalue weighted by Crippen LogP contribution is -2.02. The van der Waals surface area contributed by atoms with Crippen LogP contribution in [0, 0.1) is 0 Å². The van der Waals surface area contributed by atoms with Crippen LogP contribution in [0.25, 0.3) is 11.0 Å². The zero-order valence-corrected chi connectivity index (χ0v) is 7.83. The Hall–Kier alpha value is -1.42. The number of aromatic amines is 1. The highest BCUT2D eigenvalue weighted by atomic mass is 14.9. The van der Waals surface area contributed by atoms with E-state index in [1.165, 1.54) is 12.8 Å². The molecule has 0 unspecified atom stereocenters. The smallest absolute Gasteiger partial charge is 0.110 e. The van der Waals surface area contributed by atoms with Gasteiger partial charge in [-0.1, -0.05) is 0 Å². The maximum Gasteiger partial charge on any atom is 0.110 e. The molecule has 3 rings (SSSR count). The first kappa shape index (κ1) is 7.94. The molecule has 0 amide bonds. The van der Waals surface area contributed by atoms with Gasteiger partial charge in [-0.3, -0.25) is 4.98 Å². The van der Waals surface area contributed by atoms with Crippen LogP contribution in [0.4, 0.5) is 0 Å². The molecule has 0 aliphatic heterocycles. The molecule has 1 saturated carbocycles. The Morgan fingerprint density at radius 2 is 2.36 bits per heavy atom. The first-order chi connectivity index (χ1) is 6.88. The predicted molar refractivity (Wildman–Crippen MR) is 53.8 cm³/mol. The van der Waals surface area contributed by atoms with Gasteiger partial charge in [-0.25, -0.2) is 4.98 Å². The van der Waals surface area contributed by atoms with Crippen molar-refractivity contribution in [2.45, 2.75) is 25.3 Å². The molecule has 0 aromatic carbocycles. The minimum Gasteiger partial charge on any atom is -0.344 e. The molecule has 1 aliphatic rings. The number of H-pyrrole nitrogens is 1. The van der Waals surface area contributed by atoms with Crippen molar-refractivity contribution in [1.82, 2.24) is 15.0 Å². The number of fused-ring (bicyclic) bond motifs is 1. The summed E-state index contributed by atoms with van der Waals surface area (Å²) in [4.78, 5) is 12.0. The lowest BCUT2D eigenvalue weighted by molar-refractivity contribution is 0.937. The van der Waals surface area contributed by atoms with Gasteiger partial charge in [0, 0.05) is 12.5 Å². The number of rotatable bonds is 2. The zero-order valence-electron chi connectivity index (χ0n) is 7.83. The van der Waals surface area contributed by atoms with Crippen molar-refractivity contribution in [2.24, 2.45) is 5.73 Å². The van der Waals surface area contributed by atoms with E-state index in [1.807, 2.05) is 6.07 Å². The van der Waals surface area contributed by atoms with Crippen molar-refractivity contribution in [1.29, 1.82) is 0 Å². The third-order valence-electron chi connectivity index (χ3n) is 2.66. The van der Waals surface area contributed by atoms with Gasteiger partial charge >= 0.3 is 0 Å². The van der Waals surface area contributed by atoms with Gasteiger partial charge in [-0.15, -0.1) is 0 Å². The fourth-order valence-corrected chi connectivity index (χ4v) is 1.77. The fraction of sp³-hybridized carbons (Fsp3) is 0.400. The lowest BCUT2D eigenvalue weighted by atomic mass is 10.2. The highest BCUT2D eigenvalue weighted by molar-refractivity contribution is 5.78. The highest BCUT2D eigenvalue weighted by Crippen LogP contribution is 2.41. The van der Waals surface area contributed by atoms with Crippen LogP contribution in [0.15, 0.2) is 12.4 Å². The molecule has 2 aromatic heterocycles. The Balaban J connectivity index is 2.26. The molecule has 0 radical (unpaired) electrons. The summed E-state index contributed by atoms with van der Waals surface area (Å²) < 4.78 is 0. The number of hydrogen-bond acceptors (Lipinski definition) is 3. The van der Waals surface area contributed by atoms with Crippen LogP contribution < -0.4 is 5.73 Å². The first-order valence-corrected chi connectivity index (χ1v) is 4.91. The molecule has 4 heteroatoms. The third-order valence-corrected chi connectivity index (χ3v) is 2.66. The van der Waals surface area contributed by atoms with Crippen molar-refractivity contribution in [3.05, 3.63) is 23.8 Å². The van der Waals surface area contributed by atoms with Crippen LogP contribution >= 0.6 is 0 Å². The largest absolute Gasteiger partial charge is 0.344 e. The van der Waals surface area contributed by atoms with E-state index in [2.05, 4.69) is 15.0 Å². The molecule has 3 N–H and O–H groups in total. The summed E-state index contributed by atoms with van der Waals surface area (Å²) in [6, 6.07) is 1.98. The van der Waals surface area contributed by atoms with Crippen LogP contribution in [0.5, 0.6) is 0 Å². The highest BCUT2D eigenvalue weighted by Gasteiger charge is 2.28. The number of nitrogens with two attached hydrogens (primary N) is 1. The van der Waals surface area contributed by atoms with E-state index in [0.717, 1.165) is 22.4 Å². The SMILES string of the molecule is NCc1cc2[nH]cnc2c(C2CC2)n1. The van der Waals surface area contributed by atoms with Gasteiger partial charge in [0.25, 0.3) is 0 Å². The molecule has 0 saturated heterocycles. The van der Waals surface area contributed by atoms with Gasteiger partial charge in [-0.05, 0) is 18.9 Å². The second kappa shape index (κ2) is 2.78. The van der Waals surface area contributed by atoms with Gasteiger partial charge in [0.2, 0.25) is 0 Å². The Morgan fingerprint density at radius 1 is 1.50 bits per heavy atom. The number of nitrogens with zero attached hydrogens (tertiary/aromatic N) is 2. The monoisotopic (exact) mass is 188 g/mol. The van der Waals surface area contributed by atoms with Gasteiger partial charge < -0.3 is 10.7 Å². The molecule has 0 spiro atoms. The van der Waals surface area contributed by atoms with Gasteiger partial charge in [0.15, 0.2) is 0 Å². The van der Waals surface area contributed by atoms with E-state index in [0.29, 0.717) is 12.5 Å². The first-order valence-electron chi connectivity index (χ1n) is 4.91. The summed E-state index contributed by atoms with van der Waals surface area (Å²) in [7, 11) is 0. The van der Waals surface area contributed by atoms with E-state index < -0.39 is 0 Å². The Labute approximate surface area is 81.6 Å². The van der Waals surface area contributed by atoms with Gasteiger partial charge in [0.05, 0.1) is 23.2 Å². The molecule has 0 bridgehead atoms. The molecular formula is C10H12N4. The van der Waals surface area contributed by atoms with Crippen LogP contribution in [0.3, 0.4) is 0 Å². The molecule has 1 fully saturated rings. The average molecular weight is 188 g/mol. The molecule has 2 aromatic rings. The summed E-state index contributed by atoms with van der Waals surface area (Å²) in [5.41, 5.74) is 9.75. The maximum atomic E-state index is 5.60. The second-order valence-electron chi connectivity index (χ2n) is 3.78. The predicted octanol–water partition coefficient (Wildman–Crippen LogP) is 1.29. The number of nitrogens with one attached hydrogen (secondary N) is 1. The van der Waals surface area contributed by atoms with Crippen molar-refractivity contribution < 1.29 is 0 Å². The summed E-state index contributed by atoms with van der Waals surface area (Å²) in [6.07, 6.45) is 4.20. The van der Waals surface area contributed by atoms with Crippen LogP contribution in [0.1, 0.15) is 30.1 Å². The topological polar surface area (TPSA) is 67.6 Å². The quantitative estimate of drug-likeness (QED) is 0.746. The number of pyridine rings is 1. The molecular weight excluding hydrogens is 176 g/mol. The Kier molecular flexibility index (Phi) is 1.58. The van der Waals surface area contributed by atoms with Crippen molar-refractivity contribution in [2.75, 3.05) is 0 Å². The third kappa shape index (κ3) is 1.11. The van der Waals surface area contributed by atoms with Gasteiger partial charge in [-0.2, -0.15) is 0 Å². The van der Waals surface area contributed by atoms with Crippen LogP contribution in [-0.4, -0.2) is 15.0 Å². The number of hydrogen-bond donors (Lipinski definition) is 2. The second-order valence-corrected chi connectivity index (χ2v) is 3.78. The van der Waals surface area contributed by atoms with Crippen LogP contribution in [-0.2, 0) is 6.54 Å². The molecule has 1 aliphatic carbocycles. The molecule has 72 valence electrons. The van der Waals surface area contributed by atoms with Crippen molar-refractivity contribution >= 4 is 11.0 Å². The zero-order chi connectivity index (χ0) is 9.54. The van der Waals surface area contributed by atoms with Gasteiger partial charge in [0.1, 0.15) is 5.52 Å². The Morgan fingerprint density at radius 3 is 3.07 bits per heavy atom. The van der Waals surface area contributed by atoms with E-state index in [9.17, 15) is 0 Å². The van der Waals surface area contributed by atoms with E-state index in [-0.39, 0.29) is 0 Å². The number of imidazole rings is 1. The summed E-state index contributed by atoms with van der Waals surface area (Å²) in [6.45, 7) is 0.495. The lowest BCUT2D eigenvalue weighted by Gasteiger charge is -2.02. The standard InChI is InChI=1S/C10H12N4/c11-4-7-3-8-10(13-5-12-8)9(14-7)6-1-2-6/h3,5-6H,1-2,4,11H2,(H,12,13). The summed E-state index contributed by atoms with van der Waals surface area (Å²) >= 11 is 0. The summed E-state index contributed by atoms with van der Waals surface area (Å²) in [5.74, 6) is 0.618. The number of aromatic nitrogens is 3. The minimum absolute atomic E-state index is 0.495. The minimum atomic E-state index is 0.495. The maximum absolute atomic E-state index is 5.60. The fourth-order valence-electron chi connectivity index (χ4n) is 1.77. The molecule has 14 heavy (non-hydrogen) atoms. The summed E-state index contributed by atoms with van der Waals surface area (Å²) in [5, 5.41) is 0. The molecule has 2 heterocycles. The average Bonchev–Trinajstić information content (AvgIpc) is 2.95. The van der Waals surface area contributed by atoms with Crippen molar-refractivity contribution in [3.8, 4) is 0 Å². The van der Waals surface area contributed by atoms with E-state index in [4.69, 9.17) is 5.73 Å². The normalized spacial score (nSPS) is 16.4. The molecule has 4 nitrogen and oxygen atoms in total.